The lowest BCUT2D eigenvalue weighted by Crippen LogP contribution is -2.51. The molecular formula is C21H20N4O4S2. The zero-order chi connectivity index (χ0) is 22.0. The Balaban J connectivity index is 1.38. The Labute approximate surface area is 184 Å². The fourth-order valence-electron chi connectivity index (χ4n) is 3.62. The lowest BCUT2D eigenvalue weighted by atomic mass is 10.2. The molecule has 0 aliphatic carbocycles. The van der Waals surface area contributed by atoms with Crippen LogP contribution < -0.4 is 5.32 Å². The van der Waals surface area contributed by atoms with Crippen LogP contribution in [0.5, 0.6) is 0 Å². The molecule has 8 nitrogen and oxygen atoms in total. The van der Waals surface area contributed by atoms with E-state index in [-0.39, 0.29) is 54.9 Å². The lowest BCUT2D eigenvalue weighted by Gasteiger charge is -2.35. The highest BCUT2D eigenvalue weighted by Gasteiger charge is 2.34. The predicted octanol–water partition coefficient (Wildman–Crippen LogP) is 1.89. The van der Waals surface area contributed by atoms with Gasteiger partial charge in [-0.3, -0.25) is 9.59 Å². The summed E-state index contributed by atoms with van der Waals surface area (Å²) in [4.78, 5) is 27.6. The van der Waals surface area contributed by atoms with Crippen molar-refractivity contribution in [1.82, 2.24) is 9.21 Å². The molecule has 160 valence electrons. The molecule has 1 atom stereocenters. The van der Waals surface area contributed by atoms with E-state index in [4.69, 9.17) is 0 Å². The minimum absolute atomic E-state index is 0.0220. The summed E-state index contributed by atoms with van der Waals surface area (Å²) in [5.41, 5.74) is 0.847. The van der Waals surface area contributed by atoms with Crippen molar-refractivity contribution in [1.29, 1.82) is 5.26 Å². The van der Waals surface area contributed by atoms with Crippen LogP contribution in [-0.4, -0.2) is 60.9 Å². The summed E-state index contributed by atoms with van der Waals surface area (Å²) in [6, 6.07) is 15.4. The van der Waals surface area contributed by atoms with E-state index in [0.29, 0.717) is 0 Å². The van der Waals surface area contributed by atoms with Gasteiger partial charge in [-0.15, -0.1) is 11.8 Å². The lowest BCUT2D eigenvalue weighted by molar-refractivity contribution is -0.133. The van der Waals surface area contributed by atoms with Gasteiger partial charge < -0.3 is 10.2 Å². The molecule has 0 unspecified atom stereocenters. The maximum atomic E-state index is 12.9. The molecule has 4 rings (SSSR count). The highest BCUT2D eigenvalue weighted by Crippen LogP contribution is 2.36. The number of amides is 2. The largest absolute Gasteiger partial charge is 0.340 e. The van der Waals surface area contributed by atoms with E-state index < -0.39 is 15.3 Å². The first kappa shape index (κ1) is 21.4. The molecule has 0 aromatic heterocycles. The Bertz CT molecular complexity index is 1170. The predicted molar refractivity (Wildman–Crippen MR) is 116 cm³/mol. The monoisotopic (exact) mass is 456 g/mol. The third-order valence-electron chi connectivity index (χ3n) is 5.28. The van der Waals surface area contributed by atoms with Gasteiger partial charge in [-0.2, -0.15) is 9.57 Å². The van der Waals surface area contributed by atoms with Crippen molar-refractivity contribution in [3.05, 3.63) is 54.1 Å². The maximum absolute atomic E-state index is 12.9. The van der Waals surface area contributed by atoms with Crippen molar-refractivity contribution in [2.24, 2.45) is 0 Å². The number of nitrogens with zero attached hydrogens (tertiary/aromatic N) is 3. The second-order valence-electron chi connectivity index (χ2n) is 7.19. The highest BCUT2D eigenvalue weighted by atomic mass is 32.2. The number of hydrogen-bond donors (Lipinski definition) is 1. The fourth-order valence-corrected chi connectivity index (χ4v) is 6.28. The molecule has 0 spiro atoms. The minimum Gasteiger partial charge on any atom is -0.340 e. The van der Waals surface area contributed by atoms with Crippen molar-refractivity contribution >= 4 is 39.3 Å². The van der Waals surface area contributed by atoms with Crippen LogP contribution in [0.3, 0.4) is 0 Å². The van der Waals surface area contributed by atoms with Crippen LogP contribution in [0, 0.1) is 11.3 Å². The van der Waals surface area contributed by atoms with Crippen molar-refractivity contribution in [3.63, 3.8) is 0 Å². The number of hydrogen-bond acceptors (Lipinski definition) is 6. The van der Waals surface area contributed by atoms with Gasteiger partial charge >= 0.3 is 0 Å². The Morgan fingerprint density at radius 3 is 2.52 bits per heavy atom. The van der Waals surface area contributed by atoms with Gasteiger partial charge in [-0.05, 0) is 24.3 Å². The number of nitrogens with one attached hydrogen (secondary N) is 1. The van der Waals surface area contributed by atoms with Gasteiger partial charge in [-0.25, -0.2) is 8.42 Å². The molecule has 10 heteroatoms. The summed E-state index contributed by atoms with van der Waals surface area (Å²) in [6.07, 6.45) is 0.0504. The molecular weight excluding hydrogens is 436 g/mol. The molecule has 1 N–H and O–H groups in total. The number of rotatable bonds is 4. The van der Waals surface area contributed by atoms with E-state index in [1.165, 1.54) is 28.2 Å². The summed E-state index contributed by atoms with van der Waals surface area (Å²) in [7, 11) is -3.82. The molecule has 2 aliphatic heterocycles. The van der Waals surface area contributed by atoms with Gasteiger partial charge in [0.05, 0.1) is 21.4 Å². The quantitative estimate of drug-likeness (QED) is 0.752. The van der Waals surface area contributed by atoms with E-state index in [9.17, 15) is 23.3 Å². The maximum Gasteiger partial charge on any atom is 0.244 e. The fraction of sp³-hybridized carbons (Fsp3) is 0.286. The zero-order valence-corrected chi connectivity index (χ0v) is 18.2. The van der Waals surface area contributed by atoms with E-state index >= 15 is 0 Å². The third kappa shape index (κ3) is 4.30. The highest BCUT2D eigenvalue weighted by molar-refractivity contribution is 8.01. The number of nitriles is 1. The summed E-state index contributed by atoms with van der Waals surface area (Å²) in [5.74, 6) is -0.382. The number of carbonyl (C=O) groups is 2. The third-order valence-corrected chi connectivity index (χ3v) is 8.52. The topological polar surface area (TPSA) is 111 Å². The van der Waals surface area contributed by atoms with Crippen LogP contribution in [0.4, 0.5) is 5.69 Å². The second-order valence-corrected chi connectivity index (χ2v) is 10.3. The molecule has 2 amide bonds. The molecule has 31 heavy (non-hydrogen) atoms. The summed E-state index contributed by atoms with van der Waals surface area (Å²) < 4.78 is 27.2. The Morgan fingerprint density at radius 1 is 1.10 bits per heavy atom. The van der Waals surface area contributed by atoms with Crippen LogP contribution in [-0.2, 0) is 19.6 Å². The van der Waals surface area contributed by atoms with Crippen molar-refractivity contribution in [2.75, 3.05) is 31.5 Å². The van der Waals surface area contributed by atoms with Crippen LogP contribution >= 0.6 is 11.8 Å². The SMILES string of the molecule is N#Cc1ccccc1S(=O)(=O)N1CCN(C(=O)C[C@H]2Sc3ccccc3NC2=O)CC1. The Kier molecular flexibility index (Phi) is 6.00. The van der Waals surface area contributed by atoms with E-state index in [1.54, 1.807) is 17.0 Å². The van der Waals surface area contributed by atoms with Gasteiger partial charge in [0.1, 0.15) is 6.07 Å². The van der Waals surface area contributed by atoms with Gasteiger partial charge in [0, 0.05) is 37.5 Å². The van der Waals surface area contributed by atoms with Gasteiger partial charge in [0.25, 0.3) is 0 Å². The van der Waals surface area contributed by atoms with Gasteiger partial charge in [0.2, 0.25) is 21.8 Å². The first-order valence-electron chi connectivity index (χ1n) is 9.74. The number of para-hydroxylation sites is 1. The van der Waals surface area contributed by atoms with Crippen LogP contribution in [0.15, 0.2) is 58.3 Å². The minimum atomic E-state index is -3.82. The number of anilines is 1. The van der Waals surface area contributed by atoms with E-state index in [1.807, 2.05) is 30.3 Å². The van der Waals surface area contributed by atoms with Crippen molar-refractivity contribution in [2.45, 2.75) is 21.5 Å². The van der Waals surface area contributed by atoms with E-state index in [0.717, 1.165) is 10.6 Å². The van der Waals surface area contributed by atoms with Crippen LogP contribution in [0.2, 0.25) is 0 Å². The second kappa shape index (κ2) is 8.70. The molecule has 1 fully saturated rings. The normalized spacial score (nSPS) is 19.3. The number of piperazine rings is 1. The number of thioether (sulfide) groups is 1. The first-order valence-corrected chi connectivity index (χ1v) is 12.1. The zero-order valence-electron chi connectivity index (χ0n) is 16.5. The summed E-state index contributed by atoms with van der Waals surface area (Å²) >= 11 is 1.37. The van der Waals surface area contributed by atoms with Crippen LogP contribution in [0.1, 0.15) is 12.0 Å². The summed E-state index contributed by atoms with van der Waals surface area (Å²) in [6.45, 7) is 0.756. The number of benzene rings is 2. The molecule has 0 bridgehead atoms. The standard InChI is InChI=1S/C21H20N4O4S2/c22-14-15-5-1-4-8-19(15)31(28,29)25-11-9-24(10-12-25)20(26)13-18-21(27)23-16-6-2-3-7-17(16)30-18/h1-8,18H,9-13H2,(H,23,27)/t18-/m1/s1. The average Bonchev–Trinajstić information content (AvgIpc) is 2.79. The first-order chi connectivity index (χ1) is 14.9. The van der Waals surface area contributed by atoms with Gasteiger partial charge in [-0.1, -0.05) is 24.3 Å². The number of sulfonamides is 1. The number of fused-ring (bicyclic) bond motifs is 1. The van der Waals surface area contributed by atoms with Gasteiger partial charge in [0.15, 0.2) is 0 Å². The molecule has 0 radical (unpaired) electrons. The van der Waals surface area contributed by atoms with Crippen molar-refractivity contribution in [3.8, 4) is 6.07 Å². The van der Waals surface area contributed by atoms with Crippen molar-refractivity contribution < 1.29 is 18.0 Å². The molecule has 2 aliphatic rings. The molecule has 1 saturated heterocycles. The molecule has 2 heterocycles. The average molecular weight is 457 g/mol. The molecule has 0 saturated carbocycles. The smallest absolute Gasteiger partial charge is 0.244 e. The Morgan fingerprint density at radius 2 is 1.77 bits per heavy atom. The number of carbonyl (C=O) groups excluding carboxylic acids is 2. The molecule has 2 aromatic rings. The van der Waals surface area contributed by atoms with E-state index in [2.05, 4.69) is 5.32 Å². The Hall–Kier alpha value is -2.87. The summed E-state index contributed by atoms with van der Waals surface area (Å²) in [5, 5.41) is 11.5. The molecule has 2 aromatic carbocycles. The van der Waals surface area contributed by atoms with Crippen LogP contribution in [0.25, 0.3) is 0 Å².